The maximum atomic E-state index is 12.9. The molecule has 22 heavy (non-hydrogen) atoms. The number of aromatic nitrogens is 2. The van der Waals surface area contributed by atoms with Gasteiger partial charge in [-0.25, -0.2) is 9.07 Å². The zero-order valence-electron chi connectivity index (χ0n) is 11.6. The van der Waals surface area contributed by atoms with Gasteiger partial charge in [0.2, 0.25) is 0 Å². The fourth-order valence-corrected chi connectivity index (χ4v) is 2.79. The van der Waals surface area contributed by atoms with Gasteiger partial charge in [0, 0.05) is 25.3 Å². The van der Waals surface area contributed by atoms with Crippen molar-refractivity contribution in [2.24, 2.45) is 5.73 Å². The van der Waals surface area contributed by atoms with Crippen molar-refractivity contribution in [2.75, 3.05) is 13.1 Å². The van der Waals surface area contributed by atoms with Crippen molar-refractivity contribution in [3.63, 3.8) is 0 Å². The molecule has 2 N–H and O–H groups in total. The number of hydrogen-bond acceptors (Lipinski definition) is 3. The molecule has 118 valence electrons. The third-order valence-electron chi connectivity index (χ3n) is 3.48. The number of amides is 1. The van der Waals surface area contributed by atoms with Crippen LogP contribution >= 0.6 is 28.3 Å². The Morgan fingerprint density at radius 1 is 1.36 bits per heavy atom. The Morgan fingerprint density at radius 3 is 2.64 bits per heavy atom. The molecule has 1 aromatic heterocycles. The van der Waals surface area contributed by atoms with E-state index in [-0.39, 0.29) is 30.2 Å². The topological polar surface area (TPSA) is 64.2 Å². The highest BCUT2D eigenvalue weighted by Crippen LogP contribution is 2.21. The van der Waals surface area contributed by atoms with Gasteiger partial charge in [-0.1, -0.05) is 0 Å². The summed E-state index contributed by atoms with van der Waals surface area (Å²) in [6.45, 7) is 1.20. The van der Waals surface area contributed by atoms with Gasteiger partial charge in [0.15, 0.2) is 5.69 Å². The second kappa shape index (κ2) is 6.76. The normalized spacial score (nSPS) is 17.4. The van der Waals surface area contributed by atoms with Crippen LogP contribution in [0.3, 0.4) is 0 Å². The lowest BCUT2D eigenvalue weighted by molar-refractivity contribution is 0.0783. The lowest BCUT2D eigenvalue weighted by atomic mass is 10.3. The van der Waals surface area contributed by atoms with Crippen LogP contribution in [0.25, 0.3) is 5.69 Å². The molecule has 0 aliphatic carbocycles. The maximum Gasteiger partial charge on any atom is 0.275 e. The van der Waals surface area contributed by atoms with Crippen LogP contribution < -0.4 is 5.73 Å². The van der Waals surface area contributed by atoms with Crippen LogP contribution in [-0.4, -0.2) is 39.7 Å². The Hall–Kier alpha value is -1.44. The van der Waals surface area contributed by atoms with E-state index in [0.29, 0.717) is 28.9 Å². The van der Waals surface area contributed by atoms with Crippen molar-refractivity contribution in [3.05, 3.63) is 46.4 Å². The minimum absolute atomic E-state index is 0. The molecule has 2 aromatic rings. The second-order valence-electron chi connectivity index (χ2n) is 5.05. The molecule has 1 amide bonds. The van der Waals surface area contributed by atoms with E-state index in [1.54, 1.807) is 27.9 Å². The Bertz CT molecular complexity index is 676. The van der Waals surface area contributed by atoms with Crippen LogP contribution in [0.4, 0.5) is 4.39 Å². The molecule has 1 aliphatic rings. The number of rotatable bonds is 2. The second-order valence-corrected chi connectivity index (χ2v) is 5.90. The molecule has 8 heteroatoms. The molecule has 1 saturated heterocycles. The lowest BCUT2D eigenvalue weighted by Gasteiger charge is -2.14. The summed E-state index contributed by atoms with van der Waals surface area (Å²) in [5.41, 5.74) is 6.85. The van der Waals surface area contributed by atoms with E-state index < -0.39 is 0 Å². The third kappa shape index (κ3) is 3.31. The number of carbonyl (C=O) groups excluding carboxylic acids is 1. The molecule has 3 rings (SSSR count). The number of nitrogens with zero attached hydrogens (tertiary/aromatic N) is 3. The van der Waals surface area contributed by atoms with Gasteiger partial charge in [-0.15, -0.1) is 12.4 Å². The summed E-state index contributed by atoms with van der Waals surface area (Å²) in [6, 6.07) is 5.95. The first-order valence-corrected chi connectivity index (χ1v) is 7.40. The highest BCUT2D eigenvalue weighted by atomic mass is 79.9. The average molecular weight is 390 g/mol. The van der Waals surface area contributed by atoms with Crippen LogP contribution in [0.2, 0.25) is 0 Å². The van der Waals surface area contributed by atoms with Crippen LogP contribution in [0, 0.1) is 5.82 Å². The van der Waals surface area contributed by atoms with Crippen LogP contribution in [0.1, 0.15) is 16.9 Å². The molecule has 5 nitrogen and oxygen atoms in total. The van der Waals surface area contributed by atoms with Crippen LogP contribution in [0.5, 0.6) is 0 Å². The Morgan fingerprint density at radius 2 is 2.05 bits per heavy atom. The average Bonchev–Trinajstić information content (AvgIpc) is 3.05. The van der Waals surface area contributed by atoms with E-state index in [9.17, 15) is 9.18 Å². The number of benzene rings is 1. The molecule has 1 fully saturated rings. The predicted octanol–water partition coefficient (Wildman–Crippen LogP) is 2.37. The number of nitrogens with two attached hydrogens (primary N) is 1. The Balaban J connectivity index is 0.00000176. The Labute approximate surface area is 141 Å². The van der Waals surface area contributed by atoms with E-state index in [0.717, 1.165) is 6.42 Å². The van der Waals surface area contributed by atoms with Gasteiger partial charge in [-0.05, 0) is 46.6 Å². The fourth-order valence-electron chi connectivity index (χ4n) is 2.35. The summed E-state index contributed by atoms with van der Waals surface area (Å²) in [7, 11) is 0. The molecule has 2 heterocycles. The van der Waals surface area contributed by atoms with E-state index in [4.69, 9.17) is 5.73 Å². The molecule has 0 spiro atoms. The van der Waals surface area contributed by atoms with Crippen LogP contribution in [-0.2, 0) is 0 Å². The van der Waals surface area contributed by atoms with Crippen molar-refractivity contribution in [3.8, 4) is 5.69 Å². The molecule has 1 aromatic carbocycles. The summed E-state index contributed by atoms with van der Waals surface area (Å²) < 4.78 is 15.1. The minimum atomic E-state index is -0.313. The van der Waals surface area contributed by atoms with Gasteiger partial charge >= 0.3 is 0 Å². The summed E-state index contributed by atoms with van der Waals surface area (Å²) in [6.07, 6.45) is 2.50. The van der Waals surface area contributed by atoms with Gasteiger partial charge < -0.3 is 10.6 Å². The molecular weight excluding hydrogens is 375 g/mol. The zero-order chi connectivity index (χ0) is 15.0. The summed E-state index contributed by atoms with van der Waals surface area (Å²) in [4.78, 5) is 14.1. The maximum absolute atomic E-state index is 12.9. The van der Waals surface area contributed by atoms with E-state index >= 15 is 0 Å². The zero-order valence-corrected chi connectivity index (χ0v) is 14.0. The van der Waals surface area contributed by atoms with Crippen molar-refractivity contribution < 1.29 is 9.18 Å². The monoisotopic (exact) mass is 388 g/mol. The van der Waals surface area contributed by atoms with Crippen molar-refractivity contribution in [1.82, 2.24) is 14.7 Å². The highest BCUT2D eigenvalue weighted by Gasteiger charge is 2.27. The highest BCUT2D eigenvalue weighted by molar-refractivity contribution is 9.10. The van der Waals surface area contributed by atoms with E-state index in [2.05, 4.69) is 21.0 Å². The van der Waals surface area contributed by atoms with Crippen molar-refractivity contribution in [2.45, 2.75) is 12.5 Å². The van der Waals surface area contributed by atoms with E-state index in [1.165, 1.54) is 12.1 Å². The first-order valence-electron chi connectivity index (χ1n) is 6.60. The van der Waals surface area contributed by atoms with Crippen LogP contribution in [0.15, 0.2) is 34.9 Å². The predicted molar refractivity (Wildman–Crippen MR) is 87.0 cm³/mol. The number of likely N-dealkylation sites (tertiary alicyclic amines) is 1. The van der Waals surface area contributed by atoms with Crippen molar-refractivity contribution >= 4 is 34.2 Å². The van der Waals surface area contributed by atoms with Gasteiger partial charge in [0.05, 0.1) is 10.2 Å². The third-order valence-corrected chi connectivity index (χ3v) is 4.06. The molecule has 0 radical (unpaired) electrons. The number of halogens is 3. The lowest BCUT2D eigenvalue weighted by Crippen LogP contribution is -2.32. The largest absolute Gasteiger partial charge is 0.336 e. The quantitative estimate of drug-likeness (QED) is 0.857. The standard InChI is InChI=1S/C14H14BrFN4O.ClH/c15-12-8-20(11-3-1-9(16)2-4-11)18-13(12)14(21)19-6-5-10(17)7-19;/h1-4,8,10H,5-7,17H2;1H/t10-;/m0./s1. The first-order chi connectivity index (χ1) is 10.0. The molecule has 0 saturated carbocycles. The van der Waals surface area contributed by atoms with Gasteiger partial charge in [-0.2, -0.15) is 5.10 Å². The molecular formula is C14H15BrClFN4O. The summed E-state index contributed by atoms with van der Waals surface area (Å²) in [5.74, 6) is -0.456. The number of hydrogen-bond donors (Lipinski definition) is 1. The minimum Gasteiger partial charge on any atom is -0.336 e. The van der Waals surface area contributed by atoms with Gasteiger partial charge in [0.25, 0.3) is 5.91 Å². The van der Waals surface area contributed by atoms with Gasteiger partial charge in [-0.3, -0.25) is 4.79 Å². The Kier molecular flexibility index (Phi) is 5.20. The number of carbonyl (C=O) groups is 1. The fraction of sp³-hybridized carbons (Fsp3) is 0.286. The molecule has 1 atom stereocenters. The first kappa shape index (κ1) is 16.9. The molecule has 0 bridgehead atoms. The summed E-state index contributed by atoms with van der Waals surface area (Å²) >= 11 is 3.36. The van der Waals surface area contributed by atoms with E-state index in [1.807, 2.05) is 0 Å². The molecule has 0 unspecified atom stereocenters. The van der Waals surface area contributed by atoms with Gasteiger partial charge in [0.1, 0.15) is 5.82 Å². The smallest absolute Gasteiger partial charge is 0.275 e. The SMILES string of the molecule is Cl.N[C@H]1CCN(C(=O)c2nn(-c3ccc(F)cc3)cc2Br)C1. The van der Waals surface area contributed by atoms with Crippen molar-refractivity contribution in [1.29, 1.82) is 0 Å². The summed E-state index contributed by atoms with van der Waals surface area (Å²) in [5, 5.41) is 4.29. The molecule has 1 aliphatic heterocycles.